The van der Waals surface area contributed by atoms with E-state index in [0.29, 0.717) is 26.3 Å². The van der Waals surface area contributed by atoms with Gasteiger partial charge in [-0.3, -0.25) is 14.5 Å². The van der Waals surface area contributed by atoms with E-state index in [2.05, 4.69) is 24.5 Å². The van der Waals surface area contributed by atoms with Crippen LogP contribution in [0.3, 0.4) is 0 Å². The van der Waals surface area contributed by atoms with Crippen LogP contribution >= 0.6 is 0 Å². The van der Waals surface area contributed by atoms with E-state index in [9.17, 15) is 4.79 Å². The fourth-order valence-electron chi connectivity index (χ4n) is 2.99. The SMILES string of the molecule is CCON1CC(C(=O)C2CN(OCC)C(C)CN2)NCC1C. The normalized spacial score (nSPS) is 34.7. The predicted octanol–water partition coefficient (Wildman–Crippen LogP) is -0.217. The minimum atomic E-state index is -0.197. The number of hydrogen-bond acceptors (Lipinski definition) is 7. The fourth-order valence-corrected chi connectivity index (χ4v) is 2.99. The van der Waals surface area contributed by atoms with Crippen LogP contribution in [-0.4, -0.2) is 79.5 Å². The van der Waals surface area contributed by atoms with Gasteiger partial charge in [0.05, 0.1) is 25.3 Å². The van der Waals surface area contributed by atoms with E-state index in [-0.39, 0.29) is 30.0 Å². The highest BCUT2D eigenvalue weighted by molar-refractivity contribution is 5.89. The zero-order chi connectivity index (χ0) is 16.1. The highest BCUT2D eigenvalue weighted by Crippen LogP contribution is 2.13. The quantitative estimate of drug-likeness (QED) is 0.703. The number of nitrogens with zero attached hydrogens (tertiary/aromatic N) is 2. The Hall–Kier alpha value is -0.570. The van der Waals surface area contributed by atoms with Gasteiger partial charge >= 0.3 is 0 Å². The van der Waals surface area contributed by atoms with Crippen LogP contribution in [0.4, 0.5) is 0 Å². The molecule has 2 aliphatic heterocycles. The average Bonchev–Trinajstić information content (AvgIpc) is 2.51. The molecule has 0 aromatic carbocycles. The molecule has 0 amide bonds. The lowest BCUT2D eigenvalue weighted by Gasteiger charge is -2.41. The van der Waals surface area contributed by atoms with Gasteiger partial charge in [0.15, 0.2) is 5.78 Å². The molecule has 128 valence electrons. The van der Waals surface area contributed by atoms with Crippen LogP contribution in [0.2, 0.25) is 0 Å². The van der Waals surface area contributed by atoms with Crippen molar-refractivity contribution >= 4 is 5.78 Å². The Morgan fingerprint density at radius 1 is 0.955 bits per heavy atom. The van der Waals surface area contributed by atoms with Gasteiger partial charge in [0.1, 0.15) is 0 Å². The topological polar surface area (TPSA) is 66.1 Å². The van der Waals surface area contributed by atoms with Crippen LogP contribution in [0.1, 0.15) is 27.7 Å². The van der Waals surface area contributed by atoms with Crippen LogP contribution in [-0.2, 0) is 14.5 Å². The van der Waals surface area contributed by atoms with E-state index in [0.717, 1.165) is 13.1 Å². The summed E-state index contributed by atoms with van der Waals surface area (Å²) in [7, 11) is 0. The summed E-state index contributed by atoms with van der Waals surface area (Å²) < 4.78 is 0. The molecule has 7 heteroatoms. The zero-order valence-corrected chi connectivity index (χ0v) is 14.2. The number of piperazine rings is 2. The van der Waals surface area contributed by atoms with E-state index >= 15 is 0 Å². The van der Waals surface area contributed by atoms with Crippen LogP contribution < -0.4 is 10.6 Å². The number of rotatable bonds is 6. The molecule has 22 heavy (non-hydrogen) atoms. The Morgan fingerprint density at radius 2 is 1.36 bits per heavy atom. The van der Waals surface area contributed by atoms with Gasteiger partial charge in [0.2, 0.25) is 0 Å². The maximum absolute atomic E-state index is 12.8. The number of carbonyl (C=O) groups excluding carboxylic acids is 1. The second kappa shape index (κ2) is 8.33. The van der Waals surface area contributed by atoms with Crippen molar-refractivity contribution in [1.82, 2.24) is 20.8 Å². The Kier molecular flexibility index (Phi) is 6.73. The number of hydroxylamine groups is 4. The minimum absolute atomic E-state index is 0.188. The van der Waals surface area contributed by atoms with Crippen molar-refractivity contribution < 1.29 is 14.5 Å². The van der Waals surface area contributed by atoms with Crippen molar-refractivity contribution in [2.45, 2.75) is 51.9 Å². The molecule has 0 spiro atoms. The molecule has 2 fully saturated rings. The van der Waals surface area contributed by atoms with Crippen LogP contribution in [0.15, 0.2) is 0 Å². The first-order chi connectivity index (χ1) is 10.6. The van der Waals surface area contributed by atoms with Gasteiger partial charge < -0.3 is 10.6 Å². The van der Waals surface area contributed by atoms with Gasteiger partial charge in [-0.25, -0.2) is 0 Å². The lowest BCUT2D eigenvalue weighted by atomic mass is 10.00. The third-order valence-corrected chi connectivity index (χ3v) is 4.30. The molecule has 0 saturated carbocycles. The molecule has 2 rings (SSSR count). The predicted molar refractivity (Wildman–Crippen MR) is 84.2 cm³/mol. The standard InChI is InChI=1S/C15H30N4O3/c1-5-21-18-9-13(16-7-11(18)3)15(20)14-10-19(22-6-2)12(4)8-17-14/h11-14,16-17H,5-10H2,1-4H3. The Bertz CT molecular complexity index is 337. The number of nitrogens with one attached hydrogen (secondary N) is 2. The first-order valence-corrected chi connectivity index (χ1v) is 8.36. The summed E-state index contributed by atoms with van der Waals surface area (Å²) >= 11 is 0. The molecular formula is C15H30N4O3. The summed E-state index contributed by atoms with van der Waals surface area (Å²) in [6, 6.07) is 0.167. The molecule has 2 saturated heterocycles. The summed E-state index contributed by atoms with van der Waals surface area (Å²) in [6.45, 7) is 12.1. The molecule has 2 aliphatic rings. The van der Waals surface area contributed by atoms with Gasteiger partial charge in [-0.1, -0.05) is 0 Å². The zero-order valence-electron chi connectivity index (χ0n) is 14.2. The molecule has 0 bridgehead atoms. The fraction of sp³-hybridized carbons (Fsp3) is 0.933. The van der Waals surface area contributed by atoms with Crippen molar-refractivity contribution in [1.29, 1.82) is 0 Å². The summed E-state index contributed by atoms with van der Waals surface area (Å²) in [4.78, 5) is 24.0. The third-order valence-electron chi connectivity index (χ3n) is 4.30. The number of hydrogen-bond donors (Lipinski definition) is 2. The maximum atomic E-state index is 12.8. The van der Waals surface area contributed by atoms with E-state index in [1.54, 1.807) is 0 Å². The molecule has 2 N–H and O–H groups in total. The van der Waals surface area contributed by atoms with Crippen molar-refractivity contribution in [2.24, 2.45) is 0 Å². The molecule has 0 aliphatic carbocycles. The second-order valence-corrected chi connectivity index (χ2v) is 6.06. The molecule has 0 aromatic rings. The number of Topliss-reactive ketones (excluding diaryl/α,β-unsaturated/α-hetero) is 1. The largest absolute Gasteiger partial charge is 0.305 e. The highest BCUT2D eigenvalue weighted by atomic mass is 16.7. The van der Waals surface area contributed by atoms with E-state index in [4.69, 9.17) is 9.68 Å². The van der Waals surface area contributed by atoms with Crippen LogP contribution in [0.5, 0.6) is 0 Å². The molecule has 4 unspecified atom stereocenters. The average molecular weight is 314 g/mol. The third kappa shape index (κ3) is 4.24. The number of ketones is 1. The molecular weight excluding hydrogens is 284 g/mol. The van der Waals surface area contributed by atoms with Crippen molar-refractivity contribution in [2.75, 3.05) is 39.4 Å². The van der Waals surface area contributed by atoms with Crippen LogP contribution in [0, 0.1) is 0 Å². The summed E-state index contributed by atoms with van der Waals surface area (Å²) in [5, 5.41) is 10.5. The Balaban J connectivity index is 1.93. The van der Waals surface area contributed by atoms with Crippen LogP contribution in [0.25, 0.3) is 0 Å². The van der Waals surface area contributed by atoms with Crippen molar-refractivity contribution in [3.05, 3.63) is 0 Å². The molecule has 0 radical (unpaired) electrons. The van der Waals surface area contributed by atoms with Crippen molar-refractivity contribution in [3.63, 3.8) is 0 Å². The lowest BCUT2D eigenvalue weighted by molar-refractivity contribution is -0.200. The maximum Gasteiger partial charge on any atom is 0.169 e. The first-order valence-electron chi connectivity index (χ1n) is 8.36. The van der Waals surface area contributed by atoms with Gasteiger partial charge in [0.25, 0.3) is 0 Å². The summed E-state index contributed by atoms with van der Waals surface area (Å²) in [5.74, 6) is 0.188. The monoisotopic (exact) mass is 314 g/mol. The molecule has 2 heterocycles. The molecule has 0 aromatic heterocycles. The first kappa shape index (κ1) is 17.8. The molecule has 4 atom stereocenters. The summed E-state index contributed by atoms with van der Waals surface area (Å²) in [6.07, 6.45) is 0. The van der Waals surface area contributed by atoms with E-state index < -0.39 is 0 Å². The second-order valence-electron chi connectivity index (χ2n) is 6.06. The van der Waals surface area contributed by atoms with Gasteiger partial charge in [-0.05, 0) is 27.7 Å². The lowest BCUT2D eigenvalue weighted by Crippen LogP contribution is -2.65. The van der Waals surface area contributed by atoms with Gasteiger partial charge in [-0.2, -0.15) is 10.1 Å². The Morgan fingerprint density at radius 3 is 1.73 bits per heavy atom. The number of carbonyl (C=O) groups is 1. The van der Waals surface area contributed by atoms with Gasteiger partial charge in [-0.15, -0.1) is 0 Å². The van der Waals surface area contributed by atoms with E-state index in [1.165, 1.54) is 0 Å². The summed E-state index contributed by atoms with van der Waals surface area (Å²) in [5.41, 5.74) is 0. The van der Waals surface area contributed by atoms with Crippen molar-refractivity contribution in [3.8, 4) is 0 Å². The van der Waals surface area contributed by atoms with Gasteiger partial charge in [0, 0.05) is 38.3 Å². The smallest absolute Gasteiger partial charge is 0.169 e. The Labute approximate surface area is 133 Å². The molecule has 7 nitrogen and oxygen atoms in total. The highest BCUT2D eigenvalue weighted by Gasteiger charge is 2.37. The van der Waals surface area contributed by atoms with E-state index in [1.807, 2.05) is 24.0 Å². The minimum Gasteiger partial charge on any atom is -0.305 e.